The molecule has 2 rings (SSSR count). The molecule has 2 fully saturated rings. The number of ketones is 2. The van der Waals surface area contributed by atoms with Crippen LogP contribution in [0.15, 0.2) is 12.2 Å². The summed E-state index contributed by atoms with van der Waals surface area (Å²) in [7, 11) is 0. The van der Waals surface area contributed by atoms with Crippen LogP contribution < -0.4 is 21.7 Å². The van der Waals surface area contributed by atoms with Crippen molar-refractivity contribution in [2.45, 2.75) is 110 Å². The van der Waals surface area contributed by atoms with Crippen molar-refractivity contribution in [2.24, 2.45) is 23.5 Å². The number of amides is 5. The molecule has 1 aliphatic heterocycles. The largest absolute Gasteiger partial charge is 0.363 e. The van der Waals surface area contributed by atoms with E-state index < -0.39 is 53.2 Å². The number of nitrogens with two attached hydrogens (primary N) is 1. The molecule has 11 nitrogen and oxygen atoms in total. The van der Waals surface area contributed by atoms with E-state index in [0.717, 1.165) is 19.3 Å². The maximum atomic E-state index is 13.9. The minimum Gasteiger partial charge on any atom is -0.363 e. The summed E-state index contributed by atoms with van der Waals surface area (Å²) >= 11 is 0. The lowest BCUT2D eigenvalue weighted by atomic mass is 9.80. The highest BCUT2D eigenvalue weighted by atomic mass is 16.2. The van der Waals surface area contributed by atoms with Crippen LogP contribution in [-0.2, 0) is 24.0 Å². The van der Waals surface area contributed by atoms with E-state index in [1.165, 1.54) is 4.90 Å². The van der Waals surface area contributed by atoms with Crippen LogP contribution in [-0.4, -0.2) is 70.4 Å². The van der Waals surface area contributed by atoms with Gasteiger partial charge < -0.3 is 26.6 Å². The quantitative estimate of drug-likeness (QED) is 0.198. The topological polar surface area (TPSA) is 168 Å². The van der Waals surface area contributed by atoms with Crippen LogP contribution in [0.4, 0.5) is 4.79 Å². The van der Waals surface area contributed by atoms with Crippen LogP contribution >= 0.6 is 0 Å². The molecule has 0 aromatic carbocycles. The molecular weight excluding hydrogens is 514 g/mol. The number of urea groups is 1. The standard InChI is InChI=1S/C29H47N5O6/c1-16(2)19-14-22(26(38)31-21(24(36)25(30)37)13-18-9-8-10-18)34(15-19)27(39)20(11-12-23(35)17(3)4)32-28(40)33-29(5,6)7/h16,18-22H,3,8-15H2,1-2,4-7H3,(H2,30,37)(H,31,38)(H2,32,33,40)/t19-,20+,21?,22+/m1/s1. The van der Waals surface area contributed by atoms with E-state index in [4.69, 9.17) is 5.73 Å². The molecule has 4 atom stereocenters. The zero-order valence-corrected chi connectivity index (χ0v) is 24.8. The van der Waals surface area contributed by atoms with Gasteiger partial charge in [0, 0.05) is 18.5 Å². The second-order valence-electron chi connectivity index (χ2n) is 12.7. The van der Waals surface area contributed by atoms with Crippen molar-refractivity contribution in [3.8, 4) is 0 Å². The molecule has 0 spiro atoms. The molecule has 2 aliphatic rings. The van der Waals surface area contributed by atoms with Crippen molar-refractivity contribution in [1.29, 1.82) is 0 Å². The Morgan fingerprint density at radius 2 is 1.65 bits per heavy atom. The van der Waals surface area contributed by atoms with E-state index in [2.05, 4.69) is 22.5 Å². The number of rotatable bonds is 13. The van der Waals surface area contributed by atoms with Crippen LogP contribution in [0.3, 0.4) is 0 Å². The Morgan fingerprint density at radius 3 is 2.12 bits per heavy atom. The summed E-state index contributed by atoms with van der Waals surface area (Å²) in [6.45, 7) is 14.9. The van der Waals surface area contributed by atoms with Crippen LogP contribution in [0.25, 0.3) is 0 Å². The van der Waals surface area contributed by atoms with Crippen molar-refractivity contribution < 1.29 is 28.8 Å². The number of Topliss-reactive ketones (excluding diaryl/α,β-unsaturated/α-hetero) is 2. The van der Waals surface area contributed by atoms with Crippen molar-refractivity contribution in [2.75, 3.05) is 6.54 Å². The molecular formula is C29H47N5O6. The predicted molar refractivity (Wildman–Crippen MR) is 151 cm³/mol. The number of primary amides is 1. The van der Waals surface area contributed by atoms with E-state index in [1.54, 1.807) is 27.7 Å². The lowest BCUT2D eigenvalue weighted by Gasteiger charge is -2.32. The van der Waals surface area contributed by atoms with Gasteiger partial charge in [-0.15, -0.1) is 0 Å². The molecule has 5 amide bonds. The summed E-state index contributed by atoms with van der Waals surface area (Å²) in [5.74, 6) is -2.84. The molecule has 0 radical (unpaired) electrons. The third-order valence-corrected chi connectivity index (χ3v) is 7.76. The van der Waals surface area contributed by atoms with Crippen molar-refractivity contribution in [3.05, 3.63) is 12.2 Å². The number of hydrogen-bond acceptors (Lipinski definition) is 6. The number of nitrogens with zero attached hydrogens (tertiary/aromatic N) is 1. The first-order valence-electron chi connectivity index (χ1n) is 14.2. The number of carbonyl (C=O) groups is 6. The summed E-state index contributed by atoms with van der Waals surface area (Å²) in [5.41, 5.74) is 5.05. The predicted octanol–water partition coefficient (Wildman–Crippen LogP) is 1.98. The fraction of sp³-hybridized carbons (Fsp3) is 0.724. The van der Waals surface area contributed by atoms with Gasteiger partial charge in [-0.1, -0.05) is 39.7 Å². The van der Waals surface area contributed by atoms with Crippen molar-refractivity contribution in [1.82, 2.24) is 20.9 Å². The Labute approximate surface area is 237 Å². The summed E-state index contributed by atoms with van der Waals surface area (Å²) in [5, 5.41) is 8.16. The van der Waals surface area contributed by atoms with E-state index in [-0.39, 0.29) is 42.9 Å². The summed E-state index contributed by atoms with van der Waals surface area (Å²) < 4.78 is 0. The number of allylic oxidation sites excluding steroid dienone is 1. The molecule has 1 unspecified atom stereocenters. The lowest BCUT2D eigenvalue weighted by molar-refractivity contribution is -0.142. The summed E-state index contributed by atoms with van der Waals surface area (Å²) in [6, 6.07) is -3.59. The first-order valence-corrected chi connectivity index (χ1v) is 14.2. The first kappa shape index (κ1) is 33.0. The van der Waals surface area contributed by atoms with Crippen LogP contribution in [0, 0.1) is 17.8 Å². The zero-order valence-electron chi connectivity index (χ0n) is 24.8. The van der Waals surface area contributed by atoms with Gasteiger partial charge in [0.25, 0.3) is 5.91 Å². The average Bonchev–Trinajstić information content (AvgIpc) is 3.26. The van der Waals surface area contributed by atoms with Crippen LogP contribution in [0.5, 0.6) is 0 Å². The molecule has 0 aromatic rings. The van der Waals surface area contributed by atoms with Crippen LogP contribution in [0.1, 0.15) is 86.5 Å². The molecule has 1 heterocycles. The van der Waals surface area contributed by atoms with Gasteiger partial charge in [0.05, 0.1) is 6.04 Å². The fourth-order valence-corrected chi connectivity index (χ4v) is 5.06. The molecule has 1 saturated heterocycles. The minimum atomic E-state index is -1.11. The fourth-order valence-electron chi connectivity index (χ4n) is 5.06. The van der Waals surface area contributed by atoms with Gasteiger partial charge in [-0.25, -0.2) is 4.79 Å². The monoisotopic (exact) mass is 561 g/mol. The number of carbonyl (C=O) groups excluding carboxylic acids is 6. The Balaban J connectivity index is 2.30. The summed E-state index contributed by atoms with van der Waals surface area (Å²) in [4.78, 5) is 78.1. The molecule has 1 aliphatic carbocycles. The Kier molecular flexibility index (Phi) is 11.5. The minimum absolute atomic E-state index is 0.00210. The molecule has 224 valence electrons. The highest BCUT2D eigenvalue weighted by molar-refractivity contribution is 6.37. The van der Waals surface area contributed by atoms with E-state index in [1.807, 2.05) is 13.8 Å². The van der Waals surface area contributed by atoms with Crippen LogP contribution in [0.2, 0.25) is 0 Å². The number of hydrogen-bond donors (Lipinski definition) is 4. The summed E-state index contributed by atoms with van der Waals surface area (Å²) in [6.07, 6.45) is 3.57. The first-order chi connectivity index (χ1) is 18.5. The number of nitrogens with one attached hydrogen (secondary N) is 3. The SMILES string of the molecule is C=C(C)C(=O)CC[C@H](NC(=O)NC(C)(C)C)C(=O)N1C[C@H](C(C)C)C[C@H]1C(=O)NC(CC1CCC1)C(=O)C(N)=O. The maximum Gasteiger partial charge on any atom is 0.315 e. The maximum absolute atomic E-state index is 13.9. The van der Waals surface area contributed by atoms with Gasteiger partial charge in [-0.05, 0) is 70.3 Å². The molecule has 1 saturated carbocycles. The molecule has 5 N–H and O–H groups in total. The second-order valence-corrected chi connectivity index (χ2v) is 12.7. The third-order valence-electron chi connectivity index (χ3n) is 7.76. The van der Waals surface area contributed by atoms with E-state index in [0.29, 0.717) is 18.4 Å². The second kappa shape index (κ2) is 13.9. The Morgan fingerprint density at radius 1 is 1.02 bits per heavy atom. The van der Waals surface area contributed by atoms with Gasteiger partial charge in [-0.3, -0.25) is 24.0 Å². The van der Waals surface area contributed by atoms with E-state index in [9.17, 15) is 28.8 Å². The van der Waals surface area contributed by atoms with Crippen molar-refractivity contribution in [3.63, 3.8) is 0 Å². The van der Waals surface area contributed by atoms with E-state index >= 15 is 0 Å². The zero-order chi connectivity index (χ0) is 30.4. The van der Waals surface area contributed by atoms with Gasteiger partial charge >= 0.3 is 6.03 Å². The molecule has 11 heteroatoms. The average molecular weight is 562 g/mol. The molecule has 0 bridgehead atoms. The molecule has 0 aromatic heterocycles. The third kappa shape index (κ3) is 9.45. The Bertz CT molecular complexity index is 1010. The van der Waals surface area contributed by atoms with Gasteiger partial charge in [0.15, 0.2) is 5.78 Å². The Hall–Kier alpha value is -3.24. The van der Waals surface area contributed by atoms with Crippen molar-refractivity contribution >= 4 is 35.3 Å². The smallest absolute Gasteiger partial charge is 0.315 e. The van der Waals surface area contributed by atoms with Gasteiger partial charge in [0.2, 0.25) is 17.6 Å². The lowest BCUT2D eigenvalue weighted by Crippen LogP contribution is -2.58. The number of likely N-dealkylation sites (tertiary alicyclic amines) is 1. The highest BCUT2D eigenvalue weighted by Gasteiger charge is 2.44. The molecule has 40 heavy (non-hydrogen) atoms. The van der Waals surface area contributed by atoms with Gasteiger partial charge in [-0.2, -0.15) is 0 Å². The highest BCUT2D eigenvalue weighted by Crippen LogP contribution is 2.32. The normalized spacial score (nSPS) is 20.7. The van der Waals surface area contributed by atoms with Gasteiger partial charge in [0.1, 0.15) is 12.1 Å².